The first-order valence-electron chi connectivity index (χ1n) is 7.60. The Morgan fingerprint density at radius 2 is 2.09 bits per heavy atom. The van der Waals surface area contributed by atoms with Crippen LogP contribution in [0.4, 0.5) is 11.5 Å². The van der Waals surface area contributed by atoms with Crippen molar-refractivity contribution in [3.63, 3.8) is 0 Å². The van der Waals surface area contributed by atoms with E-state index in [-0.39, 0.29) is 5.43 Å². The molecule has 0 fully saturated rings. The Labute approximate surface area is 133 Å². The summed E-state index contributed by atoms with van der Waals surface area (Å²) < 4.78 is 0. The molecule has 0 unspecified atom stereocenters. The number of rotatable bonds is 1. The molecular formula is C19H15N3O. The summed E-state index contributed by atoms with van der Waals surface area (Å²) >= 11 is 0. The fraction of sp³-hybridized carbons (Fsp3) is 0.158. The molecule has 2 aromatic carbocycles. The molecule has 0 saturated heterocycles. The number of nitriles is 1. The van der Waals surface area contributed by atoms with Gasteiger partial charge >= 0.3 is 0 Å². The van der Waals surface area contributed by atoms with Crippen molar-refractivity contribution in [1.82, 2.24) is 4.98 Å². The summed E-state index contributed by atoms with van der Waals surface area (Å²) in [5.74, 6) is 0.849. The molecule has 0 atom stereocenters. The Kier molecular flexibility index (Phi) is 2.95. The minimum Gasteiger partial charge on any atom is -0.341 e. The molecule has 1 N–H and O–H groups in total. The highest BCUT2D eigenvalue weighted by Crippen LogP contribution is 2.32. The van der Waals surface area contributed by atoms with Crippen molar-refractivity contribution in [1.29, 1.82) is 5.26 Å². The van der Waals surface area contributed by atoms with E-state index in [1.165, 1.54) is 0 Å². The van der Waals surface area contributed by atoms with Crippen molar-refractivity contribution in [3.8, 4) is 6.07 Å². The van der Waals surface area contributed by atoms with Crippen LogP contribution in [0.15, 0.2) is 47.3 Å². The number of pyridine rings is 1. The molecule has 0 bridgehead atoms. The first-order valence-corrected chi connectivity index (χ1v) is 7.60. The van der Waals surface area contributed by atoms with Crippen molar-refractivity contribution in [2.75, 3.05) is 11.4 Å². The quantitative estimate of drug-likeness (QED) is 0.749. The Balaban J connectivity index is 1.92. The normalized spacial score (nSPS) is 13.1. The topological polar surface area (TPSA) is 59.9 Å². The molecule has 2 heterocycles. The molecule has 0 saturated carbocycles. The van der Waals surface area contributed by atoms with Crippen LogP contribution in [0.2, 0.25) is 0 Å². The number of aryl methyl sites for hydroxylation is 1. The third-order valence-electron chi connectivity index (χ3n) is 4.37. The van der Waals surface area contributed by atoms with Gasteiger partial charge in [0.1, 0.15) is 5.82 Å². The van der Waals surface area contributed by atoms with E-state index >= 15 is 0 Å². The summed E-state index contributed by atoms with van der Waals surface area (Å²) in [5.41, 5.74) is 4.42. The Bertz CT molecular complexity index is 1030. The minimum atomic E-state index is 0.108. The molecule has 3 aromatic rings. The van der Waals surface area contributed by atoms with Crippen LogP contribution in [-0.2, 0) is 6.42 Å². The summed E-state index contributed by atoms with van der Waals surface area (Å²) in [6.07, 6.45) is 0.714. The summed E-state index contributed by atoms with van der Waals surface area (Å²) in [7, 11) is 0. The fourth-order valence-corrected chi connectivity index (χ4v) is 3.23. The van der Waals surface area contributed by atoms with Gasteiger partial charge in [-0.1, -0.05) is 17.7 Å². The van der Waals surface area contributed by atoms with E-state index in [9.17, 15) is 4.79 Å². The van der Waals surface area contributed by atoms with Crippen LogP contribution in [-0.4, -0.2) is 11.5 Å². The highest BCUT2D eigenvalue weighted by atomic mass is 16.1. The van der Waals surface area contributed by atoms with Gasteiger partial charge in [-0.05, 0) is 43.7 Å². The van der Waals surface area contributed by atoms with E-state index in [0.29, 0.717) is 12.0 Å². The Hall–Kier alpha value is -3.06. The van der Waals surface area contributed by atoms with E-state index < -0.39 is 0 Å². The predicted molar refractivity (Wildman–Crippen MR) is 91.2 cm³/mol. The van der Waals surface area contributed by atoms with Crippen LogP contribution in [0.3, 0.4) is 0 Å². The first-order chi connectivity index (χ1) is 11.2. The van der Waals surface area contributed by atoms with Gasteiger partial charge in [0.2, 0.25) is 0 Å². The molecule has 1 aliphatic heterocycles. The monoisotopic (exact) mass is 301 g/mol. The number of aromatic nitrogens is 1. The molecular weight excluding hydrogens is 286 g/mol. The van der Waals surface area contributed by atoms with Gasteiger partial charge < -0.3 is 9.88 Å². The second-order valence-electron chi connectivity index (χ2n) is 5.89. The van der Waals surface area contributed by atoms with E-state index in [4.69, 9.17) is 5.26 Å². The molecule has 1 aromatic heterocycles. The predicted octanol–water partition coefficient (Wildman–Crippen LogP) is 3.40. The van der Waals surface area contributed by atoms with Gasteiger partial charge in [0.25, 0.3) is 0 Å². The zero-order valence-electron chi connectivity index (χ0n) is 12.8. The van der Waals surface area contributed by atoms with E-state index in [0.717, 1.165) is 40.1 Å². The van der Waals surface area contributed by atoms with Crippen LogP contribution in [0.5, 0.6) is 0 Å². The van der Waals surface area contributed by atoms with Crippen molar-refractivity contribution in [3.05, 3.63) is 69.4 Å². The van der Waals surface area contributed by atoms with Gasteiger partial charge in [0.05, 0.1) is 17.1 Å². The van der Waals surface area contributed by atoms with Crippen molar-refractivity contribution in [2.24, 2.45) is 0 Å². The maximum atomic E-state index is 12.8. The smallest absolute Gasteiger partial charge is 0.194 e. The largest absolute Gasteiger partial charge is 0.341 e. The molecule has 0 radical (unpaired) electrons. The number of hydrogen-bond acceptors (Lipinski definition) is 3. The fourth-order valence-electron chi connectivity index (χ4n) is 3.23. The lowest BCUT2D eigenvalue weighted by Gasteiger charge is -2.19. The number of benzene rings is 2. The molecule has 4 nitrogen and oxygen atoms in total. The first kappa shape index (κ1) is 13.6. The standard InChI is InChI=1S/C19H15N3O/c1-12-5-6-17-16(9-12)18(23)15-7-8-22(19(15)21-17)14-4-2-3-13(10-14)11-20/h2-6,9-10H,7-8H2,1H3,(H,21,23). The summed E-state index contributed by atoms with van der Waals surface area (Å²) in [6, 6.07) is 15.5. The maximum Gasteiger partial charge on any atom is 0.194 e. The summed E-state index contributed by atoms with van der Waals surface area (Å²) in [4.78, 5) is 18.3. The number of fused-ring (bicyclic) bond motifs is 2. The van der Waals surface area contributed by atoms with Gasteiger partial charge in [0.15, 0.2) is 5.43 Å². The van der Waals surface area contributed by atoms with Crippen LogP contribution in [0.25, 0.3) is 10.9 Å². The molecule has 0 aliphatic carbocycles. The lowest BCUT2D eigenvalue weighted by molar-refractivity contribution is 0.989. The molecule has 0 spiro atoms. The minimum absolute atomic E-state index is 0.108. The van der Waals surface area contributed by atoms with Crippen LogP contribution in [0.1, 0.15) is 16.7 Å². The number of anilines is 2. The van der Waals surface area contributed by atoms with Gasteiger partial charge in [-0.15, -0.1) is 0 Å². The molecule has 23 heavy (non-hydrogen) atoms. The molecule has 112 valence electrons. The van der Waals surface area contributed by atoms with Crippen molar-refractivity contribution >= 4 is 22.4 Å². The second-order valence-corrected chi connectivity index (χ2v) is 5.89. The van der Waals surface area contributed by atoms with Crippen LogP contribution < -0.4 is 10.3 Å². The second kappa shape index (κ2) is 4.99. The molecule has 0 amide bonds. The van der Waals surface area contributed by atoms with Crippen molar-refractivity contribution < 1.29 is 0 Å². The highest BCUT2D eigenvalue weighted by Gasteiger charge is 2.25. The van der Waals surface area contributed by atoms with Gasteiger partial charge in [-0.3, -0.25) is 4.79 Å². The zero-order valence-corrected chi connectivity index (χ0v) is 12.8. The van der Waals surface area contributed by atoms with Gasteiger partial charge in [-0.2, -0.15) is 5.26 Å². The third kappa shape index (κ3) is 2.09. The zero-order chi connectivity index (χ0) is 16.0. The molecule has 4 heteroatoms. The van der Waals surface area contributed by atoms with E-state index in [1.54, 1.807) is 6.07 Å². The van der Waals surface area contributed by atoms with E-state index in [1.807, 2.05) is 43.3 Å². The molecule has 1 aliphatic rings. The number of aromatic amines is 1. The van der Waals surface area contributed by atoms with Gasteiger partial charge in [0, 0.05) is 23.2 Å². The number of nitrogens with one attached hydrogen (secondary N) is 1. The number of H-pyrrole nitrogens is 1. The van der Waals surface area contributed by atoms with Crippen LogP contribution >= 0.6 is 0 Å². The van der Waals surface area contributed by atoms with E-state index in [2.05, 4.69) is 16.0 Å². The van der Waals surface area contributed by atoms with Gasteiger partial charge in [-0.25, -0.2) is 0 Å². The lowest BCUT2D eigenvalue weighted by atomic mass is 10.1. The van der Waals surface area contributed by atoms with Crippen molar-refractivity contribution in [2.45, 2.75) is 13.3 Å². The SMILES string of the molecule is Cc1ccc2[nH]c3c(c(=O)c2c1)CCN3c1cccc(C#N)c1. The average Bonchev–Trinajstić information content (AvgIpc) is 3.00. The Morgan fingerprint density at radius 1 is 1.22 bits per heavy atom. The summed E-state index contributed by atoms with van der Waals surface area (Å²) in [5, 5.41) is 9.83. The molecule has 4 rings (SSSR count). The maximum absolute atomic E-state index is 12.8. The summed E-state index contributed by atoms with van der Waals surface area (Å²) in [6.45, 7) is 2.73. The average molecular weight is 301 g/mol. The Morgan fingerprint density at radius 3 is 2.91 bits per heavy atom. The number of hydrogen-bond donors (Lipinski definition) is 1. The highest BCUT2D eigenvalue weighted by molar-refractivity contribution is 5.84. The number of nitrogens with zero attached hydrogens (tertiary/aromatic N) is 2. The lowest BCUT2D eigenvalue weighted by Crippen LogP contribution is -2.15. The third-order valence-corrected chi connectivity index (χ3v) is 4.37. The van der Waals surface area contributed by atoms with Crippen LogP contribution in [0, 0.1) is 18.3 Å².